The van der Waals surface area contributed by atoms with Crippen LogP contribution in [0.5, 0.6) is 11.5 Å². The first-order valence-electron chi connectivity index (χ1n) is 10.1. The Balaban J connectivity index is 1.51. The molecule has 1 aliphatic rings. The number of benzene rings is 1. The van der Waals surface area contributed by atoms with Gasteiger partial charge in [-0.25, -0.2) is 8.42 Å². The van der Waals surface area contributed by atoms with E-state index < -0.39 is 10.0 Å². The summed E-state index contributed by atoms with van der Waals surface area (Å²) in [6.45, 7) is 1.14. The standard InChI is InChI=1S/C22H22N4O5S2/c1-29-16-5-7-19(30-2)20(14-16)33(27,28)26-11-9-25(10-12-26)22-18(15-23)24-21(31-22)8-6-17-4-3-13-32-17/h3-8,13-14H,9-12H2,1-2H3. The molecule has 0 aliphatic carbocycles. The number of hydrogen-bond acceptors (Lipinski definition) is 9. The maximum Gasteiger partial charge on any atom is 0.247 e. The minimum atomic E-state index is -3.81. The third-order valence-corrected chi connectivity index (χ3v) is 7.94. The first-order chi connectivity index (χ1) is 16.0. The van der Waals surface area contributed by atoms with Crippen molar-refractivity contribution in [2.45, 2.75) is 4.90 Å². The molecule has 0 amide bonds. The van der Waals surface area contributed by atoms with Gasteiger partial charge in [-0.1, -0.05) is 6.07 Å². The van der Waals surface area contributed by atoms with Gasteiger partial charge in [-0.05, 0) is 29.7 Å². The monoisotopic (exact) mass is 486 g/mol. The lowest BCUT2D eigenvalue weighted by atomic mass is 10.3. The summed E-state index contributed by atoms with van der Waals surface area (Å²) in [6.07, 6.45) is 3.58. The Kier molecular flexibility index (Phi) is 6.69. The topological polar surface area (TPSA) is 109 Å². The highest BCUT2D eigenvalue weighted by Crippen LogP contribution is 2.32. The summed E-state index contributed by atoms with van der Waals surface area (Å²) in [6, 6.07) is 10.6. The molecule has 3 aromatic rings. The number of hydrogen-bond donors (Lipinski definition) is 0. The van der Waals surface area contributed by atoms with Crippen LogP contribution in [0.2, 0.25) is 0 Å². The van der Waals surface area contributed by atoms with Crippen LogP contribution in [0.25, 0.3) is 12.2 Å². The van der Waals surface area contributed by atoms with Gasteiger partial charge in [0, 0.05) is 43.2 Å². The predicted molar refractivity (Wildman–Crippen MR) is 125 cm³/mol. The van der Waals surface area contributed by atoms with Crippen molar-refractivity contribution < 1.29 is 22.3 Å². The molecule has 1 aromatic carbocycles. The molecule has 0 radical (unpaired) electrons. The van der Waals surface area contributed by atoms with Gasteiger partial charge >= 0.3 is 0 Å². The Morgan fingerprint density at radius 1 is 1.15 bits per heavy atom. The van der Waals surface area contributed by atoms with Gasteiger partial charge in [-0.2, -0.15) is 14.6 Å². The van der Waals surface area contributed by atoms with Crippen molar-refractivity contribution in [3.05, 3.63) is 52.2 Å². The molecule has 0 atom stereocenters. The van der Waals surface area contributed by atoms with E-state index in [2.05, 4.69) is 11.1 Å². The van der Waals surface area contributed by atoms with Crippen LogP contribution in [0.15, 0.2) is 45.0 Å². The second-order valence-electron chi connectivity index (χ2n) is 7.07. The molecule has 2 aromatic heterocycles. The summed E-state index contributed by atoms with van der Waals surface area (Å²) in [4.78, 5) is 7.18. The third-order valence-electron chi connectivity index (χ3n) is 5.18. The van der Waals surface area contributed by atoms with Gasteiger partial charge in [0.1, 0.15) is 22.5 Å². The molecule has 0 N–H and O–H groups in total. The number of piperazine rings is 1. The van der Waals surface area contributed by atoms with Crippen LogP contribution < -0.4 is 14.4 Å². The number of aromatic nitrogens is 1. The number of thiophene rings is 1. The SMILES string of the molecule is COc1ccc(OC)c(S(=O)(=O)N2CCN(c3oc(C=Cc4cccs4)nc3C#N)CC2)c1. The molecule has 0 spiro atoms. The smallest absolute Gasteiger partial charge is 0.247 e. The zero-order valence-electron chi connectivity index (χ0n) is 18.1. The Morgan fingerprint density at radius 2 is 1.94 bits per heavy atom. The van der Waals surface area contributed by atoms with Gasteiger partial charge in [0.25, 0.3) is 0 Å². The Hall–Kier alpha value is -3.33. The fourth-order valence-corrected chi connectivity index (χ4v) is 5.69. The van der Waals surface area contributed by atoms with Gasteiger partial charge in [-0.15, -0.1) is 11.3 Å². The normalized spacial score (nSPS) is 15.0. The van der Waals surface area contributed by atoms with Crippen LogP contribution in [0, 0.1) is 11.3 Å². The number of anilines is 1. The molecule has 33 heavy (non-hydrogen) atoms. The highest BCUT2D eigenvalue weighted by Gasteiger charge is 2.33. The summed E-state index contributed by atoms with van der Waals surface area (Å²) >= 11 is 1.58. The van der Waals surface area contributed by atoms with Crippen LogP contribution in [-0.2, 0) is 10.0 Å². The highest BCUT2D eigenvalue weighted by molar-refractivity contribution is 7.89. The molecule has 0 saturated carbocycles. The molecule has 0 unspecified atom stereocenters. The quantitative estimate of drug-likeness (QED) is 0.500. The van der Waals surface area contributed by atoms with E-state index >= 15 is 0 Å². The largest absolute Gasteiger partial charge is 0.497 e. The molecular weight excluding hydrogens is 464 g/mol. The Bertz CT molecular complexity index is 1280. The van der Waals surface area contributed by atoms with Gasteiger partial charge in [0.05, 0.1) is 14.2 Å². The van der Waals surface area contributed by atoms with E-state index in [1.165, 1.54) is 24.6 Å². The van der Waals surface area contributed by atoms with E-state index in [-0.39, 0.29) is 29.4 Å². The molecule has 11 heteroatoms. The van der Waals surface area contributed by atoms with E-state index in [0.29, 0.717) is 30.6 Å². The van der Waals surface area contributed by atoms with Crippen molar-refractivity contribution in [1.29, 1.82) is 5.26 Å². The average Bonchev–Trinajstić information content (AvgIpc) is 3.52. The molecule has 1 fully saturated rings. The number of nitriles is 1. The third kappa shape index (κ3) is 4.73. The number of sulfonamides is 1. The zero-order valence-corrected chi connectivity index (χ0v) is 19.7. The molecule has 172 valence electrons. The number of oxazole rings is 1. The predicted octanol–water partition coefficient (Wildman–Crippen LogP) is 3.31. The van der Waals surface area contributed by atoms with Crippen molar-refractivity contribution in [3.63, 3.8) is 0 Å². The number of rotatable bonds is 7. The minimum absolute atomic E-state index is 0.0520. The Labute approximate surface area is 196 Å². The lowest BCUT2D eigenvalue weighted by molar-refractivity contribution is 0.364. The Morgan fingerprint density at radius 3 is 2.58 bits per heavy atom. The summed E-state index contributed by atoms with van der Waals surface area (Å²) in [5, 5.41) is 11.5. The number of methoxy groups -OCH3 is 2. The fourth-order valence-electron chi connectivity index (χ4n) is 3.48. The van der Waals surface area contributed by atoms with Crippen LogP contribution in [0.1, 0.15) is 16.5 Å². The molecule has 1 aliphatic heterocycles. The number of ether oxygens (including phenoxy) is 2. The summed E-state index contributed by atoms with van der Waals surface area (Å²) in [5.74, 6) is 1.35. The number of nitrogens with zero attached hydrogens (tertiary/aromatic N) is 4. The first kappa shape index (κ1) is 22.8. The van der Waals surface area contributed by atoms with Gasteiger partial charge in [-0.3, -0.25) is 0 Å². The molecule has 3 heterocycles. The van der Waals surface area contributed by atoms with E-state index in [1.54, 1.807) is 29.5 Å². The molecule has 0 bridgehead atoms. The molecule has 4 rings (SSSR count). The maximum atomic E-state index is 13.3. The zero-order chi connectivity index (χ0) is 23.4. The van der Waals surface area contributed by atoms with Crippen molar-refractivity contribution in [1.82, 2.24) is 9.29 Å². The van der Waals surface area contributed by atoms with Gasteiger partial charge < -0.3 is 18.8 Å². The summed E-state index contributed by atoms with van der Waals surface area (Å²) < 4.78 is 44.2. The van der Waals surface area contributed by atoms with Crippen molar-refractivity contribution in [3.8, 4) is 17.6 Å². The van der Waals surface area contributed by atoms with Gasteiger partial charge in [0.15, 0.2) is 0 Å². The van der Waals surface area contributed by atoms with Crippen molar-refractivity contribution in [2.24, 2.45) is 0 Å². The fraction of sp³-hybridized carbons (Fsp3) is 0.273. The second-order valence-corrected chi connectivity index (χ2v) is 9.96. The van der Waals surface area contributed by atoms with E-state index in [1.807, 2.05) is 28.5 Å². The lowest BCUT2D eigenvalue weighted by Gasteiger charge is -2.33. The van der Waals surface area contributed by atoms with Gasteiger partial charge in [0.2, 0.25) is 27.5 Å². The van der Waals surface area contributed by atoms with Crippen LogP contribution >= 0.6 is 11.3 Å². The van der Waals surface area contributed by atoms with Crippen molar-refractivity contribution >= 4 is 39.4 Å². The lowest BCUT2D eigenvalue weighted by Crippen LogP contribution is -2.48. The van der Waals surface area contributed by atoms with E-state index in [4.69, 9.17) is 13.9 Å². The molecule has 9 nitrogen and oxygen atoms in total. The van der Waals surface area contributed by atoms with E-state index in [0.717, 1.165) is 4.88 Å². The minimum Gasteiger partial charge on any atom is -0.497 e. The van der Waals surface area contributed by atoms with Crippen LogP contribution in [0.3, 0.4) is 0 Å². The first-order valence-corrected chi connectivity index (χ1v) is 12.4. The molecular formula is C22H22N4O5S2. The van der Waals surface area contributed by atoms with Crippen LogP contribution in [-0.4, -0.2) is 58.1 Å². The maximum absolute atomic E-state index is 13.3. The molecule has 1 saturated heterocycles. The summed E-state index contributed by atoms with van der Waals surface area (Å²) in [5.41, 5.74) is 0.173. The van der Waals surface area contributed by atoms with Crippen molar-refractivity contribution in [2.75, 3.05) is 45.3 Å². The van der Waals surface area contributed by atoms with E-state index in [9.17, 15) is 13.7 Å². The second kappa shape index (κ2) is 9.66. The summed E-state index contributed by atoms with van der Waals surface area (Å²) in [7, 11) is -0.902. The van der Waals surface area contributed by atoms with Crippen LogP contribution in [0.4, 0.5) is 5.88 Å². The highest BCUT2D eigenvalue weighted by atomic mass is 32.2. The average molecular weight is 487 g/mol.